The third kappa shape index (κ3) is 0.799. The zero-order valence-corrected chi connectivity index (χ0v) is 6.19. The van der Waals surface area contributed by atoms with Gasteiger partial charge in [-0.1, -0.05) is 0 Å². The Hall–Kier alpha value is -1.49. The monoisotopic (exact) mass is 162 g/mol. The first-order valence-electron chi connectivity index (χ1n) is 3.71. The van der Waals surface area contributed by atoms with Crippen LogP contribution in [0.3, 0.4) is 0 Å². The highest BCUT2D eigenvalue weighted by Gasteiger charge is 2.25. The average Bonchev–Trinajstić information content (AvgIpc) is 2.84. The van der Waals surface area contributed by atoms with Gasteiger partial charge in [-0.2, -0.15) is 10.3 Å². The molecule has 3 heterocycles. The molecule has 0 saturated carbocycles. The number of aromatic amines is 1. The van der Waals surface area contributed by atoms with Crippen LogP contribution < -0.4 is 0 Å². The number of fused-ring (bicyclic) bond motifs is 1. The van der Waals surface area contributed by atoms with Crippen molar-refractivity contribution in [2.45, 2.75) is 6.10 Å². The van der Waals surface area contributed by atoms with Gasteiger partial charge < -0.3 is 4.74 Å². The van der Waals surface area contributed by atoms with Crippen LogP contribution in [-0.4, -0.2) is 27.0 Å². The third-order valence-electron chi connectivity index (χ3n) is 1.90. The molecule has 1 fully saturated rings. The maximum atomic E-state index is 5.12. The van der Waals surface area contributed by atoms with Gasteiger partial charge in [-0.15, -0.1) is 5.10 Å². The molecule has 0 bridgehead atoms. The molecule has 1 atom stereocenters. The Kier molecular flexibility index (Phi) is 1.02. The van der Waals surface area contributed by atoms with E-state index >= 15 is 0 Å². The Labute approximate surface area is 67.8 Å². The van der Waals surface area contributed by atoms with Crippen LogP contribution in [0.4, 0.5) is 0 Å². The predicted molar refractivity (Wildman–Crippen MR) is 40.4 cm³/mol. The van der Waals surface area contributed by atoms with Gasteiger partial charge in [-0.05, 0) is 6.07 Å². The number of rotatable bonds is 1. The van der Waals surface area contributed by atoms with E-state index in [9.17, 15) is 0 Å². The fourth-order valence-electron chi connectivity index (χ4n) is 1.17. The minimum atomic E-state index is 0.235. The number of ether oxygens (including phenoxy) is 1. The standard InChI is InChI=1S/C7H6N4O/c1-4(6-3-12-6)2-8-7-5(1)9-11-10-7/h1-2,6H,3H2,(H,8,9,10,11)/t6-/m0/s1. The number of nitrogens with zero attached hydrogens (tertiary/aromatic N) is 3. The van der Waals surface area contributed by atoms with E-state index in [4.69, 9.17) is 4.74 Å². The number of nitrogens with one attached hydrogen (secondary N) is 1. The van der Waals surface area contributed by atoms with Gasteiger partial charge in [-0.25, -0.2) is 4.98 Å². The Balaban J connectivity index is 2.21. The van der Waals surface area contributed by atoms with E-state index in [-0.39, 0.29) is 6.10 Å². The molecule has 0 spiro atoms. The number of pyridine rings is 1. The number of aromatic nitrogens is 4. The van der Waals surface area contributed by atoms with Crippen LogP contribution in [0.2, 0.25) is 0 Å². The lowest BCUT2D eigenvalue weighted by atomic mass is 10.2. The van der Waals surface area contributed by atoms with Gasteiger partial charge in [0.1, 0.15) is 11.6 Å². The minimum Gasteiger partial charge on any atom is -0.368 e. The van der Waals surface area contributed by atoms with E-state index in [2.05, 4.69) is 20.4 Å². The Morgan fingerprint density at radius 3 is 3.25 bits per heavy atom. The first kappa shape index (κ1) is 6.07. The van der Waals surface area contributed by atoms with Gasteiger partial charge in [0.25, 0.3) is 0 Å². The summed E-state index contributed by atoms with van der Waals surface area (Å²) < 4.78 is 5.12. The van der Waals surface area contributed by atoms with Crippen molar-refractivity contribution in [3.8, 4) is 0 Å². The molecule has 2 aromatic rings. The molecule has 60 valence electrons. The van der Waals surface area contributed by atoms with Crippen molar-refractivity contribution >= 4 is 11.2 Å². The first-order chi connectivity index (χ1) is 5.93. The average molecular weight is 162 g/mol. The van der Waals surface area contributed by atoms with Crippen LogP contribution in [0.5, 0.6) is 0 Å². The summed E-state index contributed by atoms with van der Waals surface area (Å²) in [5, 5.41) is 10.3. The molecule has 1 aliphatic heterocycles. The Morgan fingerprint density at radius 1 is 1.50 bits per heavy atom. The third-order valence-corrected chi connectivity index (χ3v) is 1.90. The van der Waals surface area contributed by atoms with Crippen molar-refractivity contribution in [1.82, 2.24) is 20.4 Å². The van der Waals surface area contributed by atoms with Crippen LogP contribution in [0, 0.1) is 0 Å². The lowest BCUT2D eigenvalue weighted by Gasteiger charge is -1.91. The van der Waals surface area contributed by atoms with E-state index in [1.54, 1.807) is 6.20 Å². The Bertz CT molecular complexity index is 420. The second kappa shape index (κ2) is 2.01. The van der Waals surface area contributed by atoms with E-state index < -0.39 is 0 Å². The summed E-state index contributed by atoms with van der Waals surface area (Å²) in [6.07, 6.45) is 2.02. The zero-order valence-electron chi connectivity index (χ0n) is 6.19. The molecule has 2 aromatic heterocycles. The molecule has 0 radical (unpaired) electrons. The maximum Gasteiger partial charge on any atom is 0.201 e. The molecule has 1 N–H and O–H groups in total. The second-order valence-corrected chi connectivity index (χ2v) is 2.76. The molecular formula is C7H6N4O. The van der Waals surface area contributed by atoms with Crippen molar-refractivity contribution < 1.29 is 4.74 Å². The van der Waals surface area contributed by atoms with Gasteiger partial charge in [0, 0.05) is 11.8 Å². The highest BCUT2D eigenvalue weighted by molar-refractivity contribution is 5.69. The normalized spacial score (nSPS) is 21.5. The van der Waals surface area contributed by atoms with Gasteiger partial charge in [-0.3, -0.25) is 0 Å². The molecule has 1 saturated heterocycles. The fourth-order valence-corrected chi connectivity index (χ4v) is 1.17. The van der Waals surface area contributed by atoms with Gasteiger partial charge >= 0.3 is 0 Å². The quantitative estimate of drug-likeness (QED) is 0.617. The highest BCUT2D eigenvalue weighted by Crippen LogP contribution is 2.29. The van der Waals surface area contributed by atoms with Crippen molar-refractivity contribution in [2.75, 3.05) is 6.61 Å². The first-order valence-corrected chi connectivity index (χ1v) is 3.71. The van der Waals surface area contributed by atoms with E-state index in [1.165, 1.54) is 0 Å². The predicted octanol–water partition coefficient (Wildman–Crippen LogP) is 0.424. The zero-order chi connectivity index (χ0) is 7.97. The lowest BCUT2D eigenvalue weighted by molar-refractivity contribution is 0.415. The molecule has 0 unspecified atom stereocenters. The van der Waals surface area contributed by atoms with Crippen LogP contribution in [0.1, 0.15) is 11.7 Å². The second-order valence-electron chi connectivity index (χ2n) is 2.76. The van der Waals surface area contributed by atoms with E-state index in [0.717, 1.165) is 17.7 Å². The molecule has 0 aliphatic carbocycles. The molecule has 5 heteroatoms. The molecule has 1 aliphatic rings. The van der Waals surface area contributed by atoms with Crippen molar-refractivity contribution in [1.29, 1.82) is 0 Å². The molecular weight excluding hydrogens is 156 g/mol. The number of H-pyrrole nitrogens is 1. The minimum absolute atomic E-state index is 0.235. The maximum absolute atomic E-state index is 5.12. The van der Waals surface area contributed by atoms with Crippen molar-refractivity contribution in [2.24, 2.45) is 0 Å². The summed E-state index contributed by atoms with van der Waals surface area (Å²) in [6, 6.07) is 1.95. The molecule has 12 heavy (non-hydrogen) atoms. The van der Waals surface area contributed by atoms with E-state index in [0.29, 0.717) is 5.65 Å². The summed E-state index contributed by atoms with van der Waals surface area (Å²) in [6.45, 7) is 0.797. The lowest BCUT2D eigenvalue weighted by Crippen LogP contribution is -1.83. The summed E-state index contributed by atoms with van der Waals surface area (Å²) in [5.74, 6) is 0. The fraction of sp³-hybridized carbons (Fsp3) is 0.286. The number of epoxide rings is 1. The topological polar surface area (TPSA) is 67.0 Å². The van der Waals surface area contributed by atoms with Crippen molar-refractivity contribution in [3.05, 3.63) is 17.8 Å². The molecule has 0 amide bonds. The summed E-state index contributed by atoms with van der Waals surface area (Å²) in [5.41, 5.74) is 2.53. The molecule has 5 nitrogen and oxygen atoms in total. The molecule has 0 aromatic carbocycles. The van der Waals surface area contributed by atoms with Crippen LogP contribution in [0.15, 0.2) is 12.3 Å². The van der Waals surface area contributed by atoms with Crippen LogP contribution in [0.25, 0.3) is 11.2 Å². The largest absolute Gasteiger partial charge is 0.368 e. The van der Waals surface area contributed by atoms with Crippen LogP contribution >= 0.6 is 0 Å². The van der Waals surface area contributed by atoms with Gasteiger partial charge in [0.2, 0.25) is 5.65 Å². The summed E-state index contributed by atoms with van der Waals surface area (Å²) in [4.78, 5) is 4.12. The number of hydrogen-bond donors (Lipinski definition) is 1. The number of hydrogen-bond acceptors (Lipinski definition) is 4. The van der Waals surface area contributed by atoms with E-state index in [1.807, 2.05) is 6.07 Å². The Morgan fingerprint density at radius 2 is 2.42 bits per heavy atom. The van der Waals surface area contributed by atoms with Gasteiger partial charge in [0.05, 0.1) is 6.61 Å². The summed E-state index contributed by atoms with van der Waals surface area (Å²) in [7, 11) is 0. The SMILES string of the molecule is c1nc2n[nH]nc2cc1[C@@H]1CO1. The molecule has 3 rings (SSSR count). The highest BCUT2D eigenvalue weighted by atomic mass is 16.6. The van der Waals surface area contributed by atoms with Crippen LogP contribution in [-0.2, 0) is 4.74 Å². The van der Waals surface area contributed by atoms with Crippen molar-refractivity contribution in [3.63, 3.8) is 0 Å². The smallest absolute Gasteiger partial charge is 0.201 e. The summed E-state index contributed by atoms with van der Waals surface area (Å²) >= 11 is 0. The van der Waals surface area contributed by atoms with Gasteiger partial charge in [0.15, 0.2) is 0 Å².